The van der Waals surface area contributed by atoms with Gasteiger partial charge in [-0.2, -0.15) is 9.97 Å². The van der Waals surface area contributed by atoms with Gasteiger partial charge in [0.2, 0.25) is 5.95 Å². The molecular weight excluding hydrogens is 292 g/mol. The van der Waals surface area contributed by atoms with Gasteiger partial charge in [0, 0.05) is 0 Å². The van der Waals surface area contributed by atoms with Crippen LogP contribution < -0.4 is 11.5 Å². The van der Waals surface area contributed by atoms with Gasteiger partial charge < -0.3 is 16.2 Å². The van der Waals surface area contributed by atoms with E-state index in [2.05, 4.69) is 28.8 Å². The van der Waals surface area contributed by atoms with E-state index in [1.807, 2.05) is 32.3 Å². The van der Waals surface area contributed by atoms with E-state index in [1.54, 1.807) is 6.33 Å². The second kappa shape index (κ2) is 8.67. The largest absolute Gasteiger partial charge is 0.382 e. The molecule has 3 atom stereocenters. The summed E-state index contributed by atoms with van der Waals surface area (Å²) in [6, 6.07) is 0. The van der Waals surface area contributed by atoms with Gasteiger partial charge in [0.1, 0.15) is 11.7 Å². The molecule has 1 saturated heterocycles. The van der Waals surface area contributed by atoms with Crippen LogP contribution in [0, 0.1) is 5.92 Å². The molecule has 4 N–H and O–H groups in total. The third-order valence-electron chi connectivity index (χ3n) is 3.72. The van der Waals surface area contributed by atoms with Crippen LogP contribution in [0.5, 0.6) is 0 Å². The molecule has 1 aliphatic rings. The maximum absolute atomic E-state index is 6.04. The predicted octanol–water partition coefficient (Wildman–Crippen LogP) is 3.38. The van der Waals surface area contributed by atoms with Gasteiger partial charge in [-0.15, -0.1) is 0 Å². The molecule has 0 saturated carbocycles. The first kappa shape index (κ1) is 19.2. The Kier molecular flexibility index (Phi) is 7.22. The highest BCUT2D eigenvalue weighted by Gasteiger charge is 2.33. The van der Waals surface area contributed by atoms with Gasteiger partial charge >= 0.3 is 0 Å². The van der Waals surface area contributed by atoms with E-state index in [0.29, 0.717) is 22.9 Å². The molecule has 130 valence electrons. The van der Waals surface area contributed by atoms with Crippen molar-refractivity contribution in [2.24, 2.45) is 5.92 Å². The minimum Gasteiger partial charge on any atom is -0.382 e. The fourth-order valence-electron chi connectivity index (χ4n) is 2.71. The molecule has 23 heavy (non-hydrogen) atoms. The van der Waals surface area contributed by atoms with Crippen LogP contribution in [0.1, 0.15) is 60.6 Å². The number of ether oxygens (including phenoxy) is 1. The highest BCUT2D eigenvalue weighted by molar-refractivity contribution is 5.82. The van der Waals surface area contributed by atoms with Gasteiger partial charge in [0.05, 0.1) is 12.4 Å². The first-order valence-corrected chi connectivity index (χ1v) is 8.51. The Bertz CT molecular complexity index is 612. The number of nitrogen functional groups attached to an aromatic ring is 2. The summed E-state index contributed by atoms with van der Waals surface area (Å²) in [5.41, 5.74) is 12.7. The van der Waals surface area contributed by atoms with E-state index in [1.165, 1.54) is 0 Å². The summed E-state index contributed by atoms with van der Waals surface area (Å²) in [5.74, 6) is 0.980. The number of rotatable bonds is 2. The van der Waals surface area contributed by atoms with Crippen molar-refractivity contribution < 1.29 is 4.74 Å². The van der Waals surface area contributed by atoms with Gasteiger partial charge in [-0.05, 0) is 18.8 Å². The van der Waals surface area contributed by atoms with Gasteiger partial charge in [0.15, 0.2) is 11.5 Å². The van der Waals surface area contributed by atoms with Crippen LogP contribution in [0.2, 0.25) is 0 Å². The lowest BCUT2D eigenvalue weighted by molar-refractivity contribution is -0.00303. The monoisotopic (exact) mass is 322 g/mol. The van der Waals surface area contributed by atoms with Crippen molar-refractivity contribution in [3.8, 4) is 0 Å². The van der Waals surface area contributed by atoms with Gasteiger partial charge in [0.25, 0.3) is 0 Å². The van der Waals surface area contributed by atoms with Crippen LogP contribution in [-0.4, -0.2) is 25.6 Å². The zero-order chi connectivity index (χ0) is 17.6. The number of nitrogens with zero attached hydrogens (tertiary/aromatic N) is 4. The van der Waals surface area contributed by atoms with Crippen LogP contribution in [0.15, 0.2) is 6.33 Å². The van der Waals surface area contributed by atoms with Crippen molar-refractivity contribution in [1.82, 2.24) is 19.5 Å². The normalized spacial score (nSPS) is 23.0. The minimum absolute atomic E-state index is 0.0568. The molecule has 2 aromatic heterocycles. The molecule has 0 radical (unpaired) electrons. The van der Waals surface area contributed by atoms with Crippen molar-refractivity contribution in [2.45, 2.75) is 66.7 Å². The fourth-order valence-corrected chi connectivity index (χ4v) is 2.71. The van der Waals surface area contributed by atoms with Crippen molar-refractivity contribution in [1.29, 1.82) is 0 Å². The summed E-state index contributed by atoms with van der Waals surface area (Å²) in [5, 5.41) is 0. The van der Waals surface area contributed by atoms with Crippen LogP contribution in [0.4, 0.5) is 11.8 Å². The molecule has 3 rings (SSSR count). The van der Waals surface area contributed by atoms with E-state index in [0.717, 1.165) is 12.8 Å². The molecule has 0 bridgehead atoms. The Morgan fingerprint density at radius 2 is 1.87 bits per heavy atom. The van der Waals surface area contributed by atoms with E-state index in [-0.39, 0.29) is 18.3 Å². The van der Waals surface area contributed by atoms with Crippen molar-refractivity contribution in [3.63, 3.8) is 0 Å². The molecule has 1 aliphatic heterocycles. The van der Waals surface area contributed by atoms with Gasteiger partial charge in [-0.1, -0.05) is 41.5 Å². The van der Waals surface area contributed by atoms with Gasteiger partial charge in [-0.25, -0.2) is 4.98 Å². The summed E-state index contributed by atoms with van der Waals surface area (Å²) in [6.07, 6.45) is 3.86. The summed E-state index contributed by atoms with van der Waals surface area (Å²) in [4.78, 5) is 12.4. The van der Waals surface area contributed by atoms with Crippen molar-refractivity contribution in [3.05, 3.63) is 6.33 Å². The number of aromatic nitrogens is 4. The predicted molar refractivity (Wildman–Crippen MR) is 94.8 cm³/mol. The third kappa shape index (κ3) is 3.90. The Balaban J connectivity index is 0.000000615. The molecule has 0 aromatic carbocycles. The van der Waals surface area contributed by atoms with Crippen LogP contribution in [0.3, 0.4) is 0 Å². The molecular formula is C16H30N6O. The molecule has 7 nitrogen and oxygen atoms in total. The molecule has 0 aliphatic carbocycles. The van der Waals surface area contributed by atoms with Crippen molar-refractivity contribution in [2.75, 3.05) is 11.5 Å². The number of nitrogens with two attached hydrogens (primary N) is 2. The summed E-state index contributed by atoms with van der Waals surface area (Å²) < 4.78 is 7.93. The maximum atomic E-state index is 6.04. The molecule has 2 aromatic rings. The van der Waals surface area contributed by atoms with E-state index in [9.17, 15) is 0 Å². The summed E-state index contributed by atoms with van der Waals surface area (Å²) in [6.45, 7) is 12.3. The molecule has 3 heterocycles. The fraction of sp³-hybridized carbons (Fsp3) is 0.688. The Labute approximate surface area is 138 Å². The number of hydrogen-bond donors (Lipinski definition) is 2. The third-order valence-corrected chi connectivity index (χ3v) is 3.72. The number of hydrogen-bond acceptors (Lipinski definition) is 6. The first-order chi connectivity index (χ1) is 11.1. The summed E-state index contributed by atoms with van der Waals surface area (Å²) in [7, 11) is 0. The topological polar surface area (TPSA) is 105 Å². The highest BCUT2D eigenvalue weighted by atomic mass is 16.5. The number of imidazole rings is 1. The molecule has 1 fully saturated rings. The second-order valence-electron chi connectivity index (χ2n) is 5.04. The number of fused-ring (bicyclic) bond motifs is 1. The lowest BCUT2D eigenvalue weighted by Gasteiger charge is -2.14. The molecule has 0 spiro atoms. The van der Waals surface area contributed by atoms with Crippen molar-refractivity contribution >= 4 is 22.9 Å². The van der Waals surface area contributed by atoms with Crippen LogP contribution in [-0.2, 0) is 4.74 Å². The highest BCUT2D eigenvalue weighted by Crippen LogP contribution is 2.36. The standard InChI is InChI=1S/C12H18N6O.2C2H6/c1-3-7-6(2)4-8(19-7)18-5-15-9-10(13)16-12(14)17-11(9)18;2*1-2/h5-8H,3-4H2,1-2H3,(H4,13,14,16,17);2*1-2H3/t6-,7?,8-;;/m1../s1. The zero-order valence-electron chi connectivity index (χ0n) is 15.1. The van der Waals surface area contributed by atoms with Crippen LogP contribution >= 0.6 is 0 Å². The minimum atomic E-state index is -0.0568. The van der Waals surface area contributed by atoms with Gasteiger partial charge in [-0.3, -0.25) is 4.57 Å². The SMILES string of the molecule is CC.CC.CCC1O[C@@H](n2cnc3c(N)nc(N)nc32)C[C@H]1C. The average molecular weight is 322 g/mol. The summed E-state index contributed by atoms with van der Waals surface area (Å²) >= 11 is 0. The lowest BCUT2D eigenvalue weighted by atomic mass is 10.0. The maximum Gasteiger partial charge on any atom is 0.224 e. The molecule has 1 unspecified atom stereocenters. The van der Waals surface area contributed by atoms with E-state index >= 15 is 0 Å². The second-order valence-corrected chi connectivity index (χ2v) is 5.04. The smallest absolute Gasteiger partial charge is 0.224 e. The van der Waals surface area contributed by atoms with E-state index in [4.69, 9.17) is 16.2 Å². The Morgan fingerprint density at radius 3 is 2.43 bits per heavy atom. The quantitative estimate of drug-likeness (QED) is 0.878. The molecule has 0 amide bonds. The van der Waals surface area contributed by atoms with Crippen LogP contribution in [0.25, 0.3) is 11.2 Å². The van der Waals surface area contributed by atoms with E-state index < -0.39 is 0 Å². The number of anilines is 2. The molecule has 7 heteroatoms. The zero-order valence-corrected chi connectivity index (χ0v) is 15.1. The average Bonchev–Trinajstić information content (AvgIpc) is 3.14. The lowest BCUT2D eigenvalue weighted by Crippen LogP contribution is -2.13. The Hall–Kier alpha value is -1.89. The Morgan fingerprint density at radius 1 is 1.22 bits per heavy atom. The first-order valence-electron chi connectivity index (χ1n) is 8.51.